The van der Waals surface area contributed by atoms with Gasteiger partial charge < -0.3 is 4.90 Å². The van der Waals surface area contributed by atoms with Gasteiger partial charge in [0.05, 0.1) is 6.20 Å². The first-order chi connectivity index (χ1) is 10.1. The van der Waals surface area contributed by atoms with E-state index < -0.39 is 0 Å². The summed E-state index contributed by atoms with van der Waals surface area (Å²) in [5.74, 6) is 0.445. The molecule has 0 atom stereocenters. The first-order valence-electron chi connectivity index (χ1n) is 7.14. The molecule has 21 heavy (non-hydrogen) atoms. The van der Waals surface area contributed by atoms with Crippen LogP contribution < -0.4 is 0 Å². The summed E-state index contributed by atoms with van der Waals surface area (Å²) >= 11 is 1.33. The van der Waals surface area contributed by atoms with Crippen molar-refractivity contribution >= 4 is 17.2 Å². The van der Waals surface area contributed by atoms with Gasteiger partial charge in [-0.15, -0.1) is 11.3 Å². The number of hydrogen-bond donors (Lipinski definition) is 0. The molecular weight excluding hydrogens is 287 g/mol. The number of halogens is 1. The highest BCUT2D eigenvalue weighted by Crippen LogP contribution is 2.27. The molecule has 5 heteroatoms. The molecule has 2 aromatic rings. The van der Waals surface area contributed by atoms with Gasteiger partial charge in [0, 0.05) is 18.7 Å². The molecule has 3 rings (SSSR count). The fourth-order valence-corrected chi connectivity index (χ4v) is 3.38. The van der Waals surface area contributed by atoms with E-state index in [-0.39, 0.29) is 11.7 Å². The Morgan fingerprint density at radius 1 is 1.38 bits per heavy atom. The van der Waals surface area contributed by atoms with Crippen LogP contribution in [0.5, 0.6) is 0 Å². The van der Waals surface area contributed by atoms with E-state index in [0.29, 0.717) is 21.4 Å². The molecule has 0 unspecified atom stereocenters. The Balaban J connectivity index is 1.77. The third-order valence-electron chi connectivity index (χ3n) is 3.86. The number of nitrogens with zero attached hydrogens (tertiary/aromatic N) is 2. The van der Waals surface area contributed by atoms with Crippen molar-refractivity contribution in [2.75, 3.05) is 13.1 Å². The molecule has 110 valence electrons. The molecule has 0 saturated carbocycles. The number of benzene rings is 1. The summed E-state index contributed by atoms with van der Waals surface area (Å²) in [5.41, 5.74) is 0.714. The van der Waals surface area contributed by atoms with Gasteiger partial charge in [0.25, 0.3) is 5.91 Å². The lowest BCUT2D eigenvalue weighted by Gasteiger charge is -2.29. The van der Waals surface area contributed by atoms with Gasteiger partial charge in [-0.25, -0.2) is 9.37 Å². The molecule has 3 nitrogen and oxygen atoms in total. The maximum atomic E-state index is 13.2. The average molecular weight is 304 g/mol. The van der Waals surface area contributed by atoms with E-state index in [0.717, 1.165) is 25.9 Å². The summed E-state index contributed by atoms with van der Waals surface area (Å²) in [5, 5.41) is 0.684. The predicted octanol–water partition coefficient (Wildman–Crippen LogP) is 3.82. The minimum Gasteiger partial charge on any atom is -0.338 e. The smallest absolute Gasteiger partial charge is 0.265 e. The number of thiazole rings is 1. The Bertz CT molecular complexity index is 647. The summed E-state index contributed by atoms with van der Waals surface area (Å²) in [6, 6.07) is 6.30. The van der Waals surface area contributed by atoms with E-state index in [1.807, 2.05) is 4.90 Å². The van der Waals surface area contributed by atoms with Gasteiger partial charge in [-0.3, -0.25) is 4.79 Å². The third kappa shape index (κ3) is 3.13. The van der Waals surface area contributed by atoms with Gasteiger partial charge in [-0.2, -0.15) is 0 Å². The molecule has 1 aliphatic rings. The maximum Gasteiger partial charge on any atom is 0.265 e. The van der Waals surface area contributed by atoms with Gasteiger partial charge in [-0.05, 0) is 30.9 Å². The molecule has 1 amide bonds. The van der Waals surface area contributed by atoms with Crippen LogP contribution in [0.25, 0.3) is 10.6 Å². The Morgan fingerprint density at radius 2 is 2.14 bits per heavy atom. The largest absolute Gasteiger partial charge is 0.338 e. The molecule has 0 bridgehead atoms. The number of piperidine rings is 1. The molecule has 0 N–H and O–H groups in total. The van der Waals surface area contributed by atoms with Crippen molar-refractivity contribution in [1.29, 1.82) is 0 Å². The molecule has 1 fully saturated rings. The highest BCUT2D eigenvalue weighted by atomic mass is 32.1. The topological polar surface area (TPSA) is 33.2 Å². The maximum absolute atomic E-state index is 13.2. The van der Waals surface area contributed by atoms with E-state index in [4.69, 9.17) is 0 Å². The molecule has 1 aromatic carbocycles. The zero-order chi connectivity index (χ0) is 14.8. The fraction of sp³-hybridized carbons (Fsp3) is 0.375. The SMILES string of the molecule is CC1CCN(C(=O)c2cnc(-c3cccc(F)c3)s2)CC1. The van der Waals surface area contributed by atoms with Crippen LogP contribution >= 0.6 is 11.3 Å². The average Bonchev–Trinajstić information content (AvgIpc) is 2.97. The Kier molecular flexibility index (Phi) is 4.01. The molecule has 1 aliphatic heterocycles. The van der Waals surface area contributed by atoms with Gasteiger partial charge in [0.1, 0.15) is 15.7 Å². The van der Waals surface area contributed by atoms with Crippen molar-refractivity contribution in [3.8, 4) is 10.6 Å². The lowest BCUT2D eigenvalue weighted by Crippen LogP contribution is -2.37. The highest BCUT2D eigenvalue weighted by Gasteiger charge is 2.23. The number of likely N-dealkylation sites (tertiary alicyclic amines) is 1. The summed E-state index contributed by atoms with van der Waals surface area (Å²) in [7, 11) is 0. The lowest BCUT2D eigenvalue weighted by atomic mass is 9.99. The minimum atomic E-state index is -0.291. The zero-order valence-corrected chi connectivity index (χ0v) is 12.7. The number of rotatable bonds is 2. The summed E-state index contributed by atoms with van der Waals surface area (Å²) in [4.78, 5) is 19.2. The van der Waals surface area contributed by atoms with E-state index in [1.165, 1.54) is 23.5 Å². The molecular formula is C16H17FN2OS. The standard InChI is InChI=1S/C16H17FN2OS/c1-11-5-7-19(8-6-11)16(20)14-10-18-15(21-14)12-3-2-4-13(17)9-12/h2-4,9-11H,5-8H2,1H3. The second-order valence-corrected chi connectivity index (χ2v) is 6.55. The van der Waals surface area contributed by atoms with Crippen LogP contribution in [-0.2, 0) is 0 Å². The van der Waals surface area contributed by atoms with Crippen LogP contribution in [0, 0.1) is 11.7 Å². The van der Waals surface area contributed by atoms with E-state index in [1.54, 1.807) is 18.3 Å². The minimum absolute atomic E-state index is 0.0436. The Morgan fingerprint density at radius 3 is 2.86 bits per heavy atom. The van der Waals surface area contributed by atoms with Crippen molar-refractivity contribution in [2.45, 2.75) is 19.8 Å². The first-order valence-corrected chi connectivity index (χ1v) is 7.96. The van der Waals surface area contributed by atoms with Crippen LogP contribution in [0.3, 0.4) is 0 Å². The van der Waals surface area contributed by atoms with Gasteiger partial charge >= 0.3 is 0 Å². The second-order valence-electron chi connectivity index (χ2n) is 5.51. The molecule has 0 spiro atoms. The molecule has 0 aliphatic carbocycles. The summed E-state index contributed by atoms with van der Waals surface area (Å²) in [6.07, 6.45) is 3.72. The van der Waals surface area contributed by atoms with Crippen LogP contribution in [-0.4, -0.2) is 28.9 Å². The summed E-state index contributed by atoms with van der Waals surface area (Å²) < 4.78 is 13.2. The van der Waals surface area contributed by atoms with Crippen LogP contribution in [0.2, 0.25) is 0 Å². The fourth-order valence-electron chi connectivity index (χ4n) is 2.50. The van der Waals surface area contributed by atoms with E-state index in [9.17, 15) is 9.18 Å². The second kappa shape index (κ2) is 5.93. The van der Waals surface area contributed by atoms with Crippen molar-refractivity contribution in [3.05, 3.63) is 41.2 Å². The monoisotopic (exact) mass is 304 g/mol. The predicted molar refractivity (Wildman–Crippen MR) is 81.8 cm³/mol. The first kappa shape index (κ1) is 14.2. The van der Waals surface area contributed by atoms with Crippen LogP contribution in [0.15, 0.2) is 30.5 Å². The molecule has 0 radical (unpaired) electrons. The van der Waals surface area contributed by atoms with Crippen molar-refractivity contribution in [1.82, 2.24) is 9.88 Å². The highest BCUT2D eigenvalue weighted by molar-refractivity contribution is 7.16. The van der Waals surface area contributed by atoms with Gasteiger partial charge in [-0.1, -0.05) is 19.1 Å². The van der Waals surface area contributed by atoms with Crippen LogP contribution in [0.4, 0.5) is 4.39 Å². The Hall–Kier alpha value is -1.75. The van der Waals surface area contributed by atoms with Crippen molar-refractivity contribution in [2.24, 2.45) is 5.92 Å². The quantitative estimate of drug-likeness (QED) is 0.845. The number of hydrogen-bond acceptors (Lipinski definition) is 3. The summed E-state index contributed by atoms with van der Waals surface area (Å²) in [6.45, 7) is 3.84. The third-order valence-corrected chi connectivity index (χ3v) is 4.89. The number of aromatic nitrogens is 1. The van der Waals surface area contributed by atoms with E-state index >= 15 is 0 Å². The van der Waals surface area contributed by atoms with Gasteiger partial charge in [0.15, 0.2) is 0 Å². The van der Waals surface area contributed by atoms with Crippen molar-refractivity contribution in [3.63, 3.8) is 0 Å². The van der Waals surface area contributed by atoms with Crippen LogP contribution in [0.1, 0.15) is 29.4 Å². The van der Waals surface area contributed by atoms with Crippen molar-refractivity contribution < 1.29 is 9.18 Å². The number of carbonyl (C=O) groups excluding carboxylic acids is 1. The molecule has 1 saturated heterocycles. The lowest BCUT2D eigenvalue weighted by molar-refractivity contribution is 0.0702. The zero-order valence-electron chi connectivity index (χ0n) is 11.9. The number of carbonyl (C=O) groups is 1. The Labute approximate surface area is 127 Å². The number of amides is 1. The molecule has 2 heterocycles. The molecule has 1 aromatic heterocycles. The normalized spacial score (nSPS) is 16.2. The van der Waals surface area contributed by atoms with E-state index in [2.05, 4.69) is 11.9 Å². The van der Waals surface area contributed by atoms with Gasteiger partial charge in [0.2, 0.25) is 0 Å².